The third-order valence-electron chi connectivity index (χ3n) is 7.18. The van der Waals surface area contributed by atoms with E-state index in [0.29, 0.717) is 0 Å². The van der Waals surface area contributed by atoms with Gasteiger partial charge in [-0.15, -0.1) is 0 Å². The number of carbonyl (C=O) groups is 1. The molecular weight excluding hydrogens is 825 g/mol. The van der Waals surface area contributed by atoms with Crippen molar-refractivity contribution >= 4 is 74.1 Å². The first-order chi connectivity index (χ1) is 24.6. The van der Waals surface area contributed by atoms with Crippen LogP contribution in [0.4, 0.5) is 5.69 Å². The molecule has 0 aliphatic carbocycles. The maximum absolute atomic E-state index is 9.00. The van der Waals surface area contributed by atoms with Crippen LogP contribution in [0.3, 0.4) is 0 Å². The van der Waals surface area contributed by atoms with E-state index in [9.17, 15) is 0 Å². The van der Waals surface area contributed by atoms with Crippen molar-refractivity contribution in [1.82, 2.24) is 0 Å². The average Bonchev–Trinajstić information content (AvgIpc) is 3.58. The van der Waals surface area contributed by atoms with E-state index in [-0.39, 0.29) is 0 Å². The zero-order valence-corrected chi connectivity index (χ0v) is 33.4. The topological polar surface area (TPSA) is 40.5 Å². The number of carboxylic acids is 1. The molecule has 0 radical (unpaired) electrons. The van der Waals surface area contributed by atoms with Crippen molar-refractivity contribution in [3.63, 3.8) is 0 Å². The van der Waals surface area contributed by atoms with Gasteiger partial charge in [0.25, 0.3) is 5.97 Å². The van der Waals surface area contributed by atoms with Crippen LogP contribution in [0, 0.1) is 5.88 Å². The molecular formula is C42H38BrNO2P2RuS. The van der Waals surface area contributed by atoms with Gasteiger partial charge < -0.3 is 10.0 Å². The zero-order valence-electron chi connectivity index (χ0n) is 27.5. The standard InChI is InChI=1S/C26H22P2.C14H12NS.C2H4O2.BrH.Ru/c1-5-13-23(14-6-1)27(24-15-7-2-8-16-24)21-22-28(25-17-9-3-10-18-25)26-19-11-4-12-20-26;1-2-6-12(7-3-1)10-15-11-16-14-9-5-4-8-13(14)15;1-2(3)4;;/h1-22H;1-9,11H,10H2;1H3,(H,3,4);1H;/q;-1;;;+2/p-1/b22-21+;;;;. The van der Waals surface area contributed by atoms with Crippen molar-refractivity contribution in [1.29, 1.82) is 0 Å². The second-order valence-corrected chi connectivity index (χ2v) is 15.7. The first kappa shape index (κ1) is 39.4. The van der Waals surface area contributed by atoms with Gasteiger partial charge in [-0.05, 0) is 59.7 Å². The van der Waals surface area contributed by atoms with Crippen LogP contribution in [-0.2, 0) is 27.7 Å². The van der Waals surface area contributed by atoms with Crippen LogP contribution < -0.4 is 26.1 Å². The molecule has 8 heteroatoms. The number of nitrogens with zero attached hydrogens (tertiary/aromatic N) is 1. The second-order valence-electron chi connectivity index (χ2n) is 10.7. The average molecular weight is 864 g/mol. The normalized spacial score (nSPS) is 11.4. The summed E-state index contributed by atoms with van der Waals surface area (Å²) in [4.78, 5) is 12.6. The van der Waals surface area contributed by atoms with Crippen LogP contribution in [0.25, 0.3) is 0 Å². The van der Waals surface area contributed by atoms with Crippen LogP contribution in [0.1, 0.15) is 12.5 Å². The summed E-state index contributed by atoms with van der Waals surface area (Å²) in [6.45, 7) is 2.03. The van der Waals surface area contributed by atoms with Gasteiger partial charge in [0, 0.05) is 19.2 Å². The van der Waals surface area contributed by atoms with Crippen molar-refractivity contribution in [2.24, 2.45) is 0 Å². The molecule has 0 aromatic heterocycles. The first-order valence-electron chi connectivity index (χ1n) is 15.8. The molecule has 1 aliphatic heterocycles. The van der Waals surface area contributed by atoms with E-state index < -0.39 is 21.8 Å². The van der Waals surface area contributed by atoms with Crippen molar-refractivity contribution < 1.29 is 26.2 Å². The van der Waals surface area contributed by atoms with Crippen LogP contribution in [-0.4, -0.2) is 11.1 Å². The molecule has 3 nitrogen and oxygen atoms in total. The Morgan fingerprint density at radius 3 is 1.32 bits per heavy atom. The molecule has 1 aliphatic rings. The molecule has 50 heavy (non-hydrogen) atoms. The van der Waals surface area contributed by atoms with E-state index in [1.165, 1.54) is 37.4 Å². The van der Waals surface area contributed by atoms with E-state index in [4.69, 9.17) is 9.90 Å². The minimum absolute atomic E-state index is 0.528. The summed E-state index contributed by atoms with van der Waals surface area (Å²) >= 11 is 6.83. The fraction of sp³-hybridized carbons (Fsp3) is 0.0476. The molecule has 0 bridgehead atoms. The Kier molecular flexibility index (Phi) is 17.7. The van der Waals surface area contributed by atoms with E-state index >= 15 is 0 Å². The molecule has 254 valence electrons. The number of fused-ring (bicyclic) bond motifs is 1. The molecule has 1 N–H and O–H groups in total. The number of rotatable bonds is 8. The Morgan fingerprint density at radius 2 is 0.940 bits per heavy atom. The Labute approximate surface area is 320 Å². The predicted molar refractivity (Wildman–Crippen MR) is 219 cm³/mol. The molecule has 6 aromatic rings. The van der Waals surface area contributed by atoms with E-state index in [0.717, 1.165) is 13.5 Å². The smallest absolute Gasteiger partial charge is 0.0193 e. The molecule has 0 spiro atoms. The summed E-state index contributed by atoms with van der Waals surface area (Å²) in [5.41, 5.74) is 2.66. The van der Waals surface area contributed by atoms with Gasteiger partial charge in [0.15, 0.2) is 0 Å². The fourth-order valence-corrected chi connectivity index (χ4v) is 10.2. The van der Waals surface area contributed by atoms with Gasteiger partial charge in [-0.3, -0.25) is 16.6 Å². The van der Waals surface area contributed by atoms with Gasteiger partial charge in [0.2, 0.25) is 0 Å². The third kappa shape index (κ3) is 12.8. The van der Waals surface area contributed by atoms with Gasteiger partial charge >= 0.3 is 30.0 Å². The molecule has 0 unspecified atom stereocenters. The number of halogens is 1. The van der Waals surface area contributed by atoms with Gasteiger partial charge in [-0.1, -0.05) is 175 Å². The Hall–Kier alpha value is -3.36. The molecule has 1 heterocycles. The number of para-hydroxylation sites is 1. The number of anilines is 1. The van der Waals surface area contributed by atoms with Crippen molar-refractivity contribution in [2.45, 2.75) is 18.4 Å². The maximum Gasteiger partial charge on any atom is 0.0193 e. The largest absolute Gasteiger partial charge is 0.508 e. The van der Waals surface area contributed by atoms with E-state index in [1.807, 2.05) is 0 Å². The van der Waals surface area contributed by atoms with Crippen LogP contribution >= 0.6 is 41.2 Å². The van der Waals surface area contributed by atoms with Crippen LogP contribution in [0.2, 0.25) is 0 Å². The molecule has 7 rings (SSSR count). The van der Waals surface area contributed by atoms with E-state index in [1.54, 1.807) is 11.8 Å². The molecule has 0 amide bonds. The summed E-state index contributed by atoms with van der Waals surface area (Å²) < 4.78 is 0. The van der Waals surface area contributed by atoms with Gasteiger partial charge in [-0.2, -0.15) is 5.88 Å². The zero-order chi connectivity index (χ0) is 35.4. The number of hydrogen-bond donors (Lipinski definition) is 1. The number of aliphatic carboxylic acids is 1. The Bertz CT molecular complexity index is 1690. The number of carboxylic acid groups (broad SMARTS) is 1. The summed E-state index contributed by atoms with van der Waals surface area (Å²) in [7, 11) is -1.06. The van der Waals surface area contributed by atoms with Crippen LogP contribution in [0.5, 0.6) is 0 Å². The molecule has 0 atom stereocenters. The number of hydrogen-bond acceptors (Lipinski definition) is 3. The summed E-state index contributed by atoms with van der Waals surface area (Å²) in [6.07, 6.45) is 0. The monoisotopic (exact) mass is 863 g/mol. The second kappa shape index (κ2) is 22.5. The maximum atomic E-state index is 9.00. The van der Waals surface area contributed by atoms with Crippen molar-refractivity contribution in [3.05, 3.63) is 199 Å². The van der Waals surface area contributed by atoms with Crippen molar-refractivity contribution in [3.8, 4) is 0 Å². The SMILES string of the molecule is C(=C\P(c1ccccc1)c1ccccc1)/P(c1ccccc1)c1ccccc1.CC(=O)O.[Br][Ru+].c1ccc(CN2[CH-]Sc3ccccc32)cc1. The Morgan fingerprint density at radius 1 is 0.620 bits per heavy atom. The summed E-state index contributed by atoms with van der Waals surface area (Å²) in [5.74, 6) is 6.26. The quantitative estimate of drug-likeness (QED) is 0.0940. The Balaban J connectivity index is 0.000000215. The summed E-state index contributed by atoms with van der Waals surface area (Å²) in [6, 6.07) is 62.5. The molecule has 6 aromatic carbocycles. The summed E-state index contributed by atoms with van der Waals surface area (Å²) in [5, 5.41) is 13.0. The molecule has 0 fully saturated rings. The first-order valence-corrected chi connectivity index (χ1v) is 23.5. The fourth-order valence-electron chi connectivity index (χ4n) is 5.00. The third-order valence-corrected chi connectivity index (χ3v) is 12.7. The predicted octanol–water partition coefficient (Wildman–Crippen LogP) is 10.6. The van der Waals surface area contributed by atoms with Gasteiger partial charge in [0.05, 0.1) is 0 Å². The minimum atomic E-state index is -0.833. The molecule has 0 saturated heterocycles. The number of thioether (sulfide) groups is 1. The van der Waals surface area contributed by atoms with Crippen LogP contribution in [0.15, 0.2) is 192 Å². The van der Waals surface area contributed by atoms with Gasteiger partial charge in [0.1, 0.15) is 0 Å². The minimum Gasteiger partial charge on any atom is -0.508 e. The van der Waals surface area contributed by atoms with E-state index in [2.05, 4.69) is 228 Å². The van der Waals surface area contributed by atoms with Gasteiger partial charge in [-0.25, -0.2) is 0 Å². The molecule has 0 saturated carbocycles. The van der Waals surface area contributed by atoms with Crippen molar-refractivity contribution in [2.75, 3.05) is 4.90 Å². The number of benzene rings is 6.